The number of carbonyl (C=O) groups excluding carboxylic acids is 1. The Balaban J connectivity index is 1.57. The van der Waals surface area contributed by atoms with E-state index in [2.05, 4.69) is 15.1 Å². The molecule has 6 nitrogen and oxygen atoms in total. The molecule has 8 heteroatoms. The number of hydrazine groups is 1. The highest BCUT2D eigenvalue weighted by atomic mass is 35.5. The van der Waals surface area contributed by atoms with Gasteiger partial charge in [0.05, 0.1) is 28.0 Å². The van der Waals surface area contributed by atoms with Crippen molar-refractivity contribution in [2.75, 3.05) is 18.1 Å². The van der Waals surface area contributed by atoms with Crippen LogP contribution in [0, 0.1) is 5.92 Å². The van der Waals surface area contributed by atoms with Gasteiger partial charge in [-0.15, -0.1) is 0 Å². The molecule has 2 atom stereocenters. The lowest BCUT2D eigenvalue weighted by molar-refractivity contribution is -0.133. The Hall–Kier alpha value is -2.83. The molecule has 31 heavy (non-hydrogen) atoms. The Morgan fingerprint density at radius 2 is 1.84 bits per heavy atom. The molecule has 1 saturated heterocycles. The number of hydrogen-bond donors (Lipinski definition) is 0. The summed E-state index contributed by atoms with van der Waals surface area (Å²) >= 11 is 12.5. The lowest BCUT2D eigenvalue weighted by atomic mass is 9.87. The molecule has 3 aromatic rings. The minimum Gasteiger partial charge on any atom is -0.283 e. The van der Waals surface area contributed by atoms with Crippen LogP contribution in [0.2, 0.25) is 10.0 Å². The first-order valence-electron chi connectivity index (χ1n) is 10.2. The van der Waals surface area contributed by atoms with Crippen molar-refractivity contribution in [3.05, 3.63) is 76.4 Å². The number of rotatable bonds is 3. The van der Waals surface area contributed by atoms with Gasteiger partial charge in [-0.2, -0.15) is 5.10 Å². The molecule has 158 valence electrons. The van der Waals surface area contributed by atoms with Gasteiger partial charge in [0, 0.05) is 24.9 Å². The maximum Gasteiger partial charge on any atom is 0.252 e. The Bertz CT molecular complexity index is 1160. The van der Waals surface area contributed by atoms with E-state index in [4.69, 9.17) is 23.2 Å². The fourth-order valence-corrected chi connectivity index (χ4v) is 4.75. The van der Waals surface area contributed by atoms with E-state index in [0.717, 1.165) is 35.7 Å². The van der Waals surface area contributed by atoms with Gasteiger partial charge in [-0.05, 0) is 43.2 Å². The molecule has 0 radical (unpaired) electrons. The minimum atomic E-state index is -0.506. The van der Waals surface area contributed by atoms with E-state index in [-0.39, 0.29) is 11.9 Å². The molecule has 0 bridgehead atoms. The van der Waals surface area contributed by atoms with Gasteiger partial charge in [0.15, 0.2) is 5.82 Å². The summed E-state index contributed by atoms with van der Waals surface area (Å²) < 4.78 is 1.80. The Kier molecular flexibility index (Phi) is 5.20. The zero-order valence-corrected chi connectivity index (χ0v) is 18.5. The molecule has 0 spiro atoms. The van der Waals surface area contributed by atoms with Crippen molar-refractivity contribution < 1.29 is 4.79 Å². The van der Waals surface area contributed by atoms with Gasteiger partial charge >= 0.3 is 0 Å². The average molecular weight is 454 g/mol. The third kappa shape index (κ3) is 3.50. The van der Waals surface area contributed by atoms with Crippen LogP contribution in [0.4, 0.5) is 11.5 Å². The molecular formula is C23H21Cl2N5O. The average Bonchev–Trinajstić information content (AvgIpc) is 3.44. The lowest BCUT2D eigenvalue weighted by Crippen LogP contribution is -2.49. The maximum atomic E-state index is 14.0. The summed E-state index contributed by atoms with van der Waals surface area (Å²) in [6.45, 7) is 3.37. The molecule has 1 fully saturated rings. The topological polar surface area (TPSA) is 53.7 Å². The Morgan fingerprint density at radius 1 is 1.03 bits per heavy atom. The number of benzene rings is 2. The molecule has 2 aliphatic rings. The van der Waals surface area contributed by atoms with E-state index in [1.165, 1.54) is 0 Å². The predicted octanol–water partition coefficient (Wildman–Crippen LogP) is 5.16. The second-order valence-corrected chi connectivity index (χ2v) is 8.57. The van der Waals surface area contributed by atoms with Crippen LogP contribution in [0.25, 0.3) is 0 Å². The number of fused-ring (bicyclic) bond motifs is 1. The number of aromatic nitrogens is 2. The minimum absolute atomic E-state index is 0.000162. The van der Waals surface area contributed by atoms with Crippen molar-refractivity contribution in [2.45, 2.75) is 19.4 Å². The number of nitrogens with zero attached hydrogens (tertiary/aromatic N) is 5. The quantitative estimate of drug-likeness (QED) is 0.550. The monoisotopic (exact) mass is 453 g/mol. The van der Waals surface area contributed by atoms with Gasteiger partial charge in [-0.25, -0.2) is 9.67 Å². The molecule has 5 rings (SSSR count). The van der Waals surface area contributed by atoms with Crippen LogP contribution < -0.4 is 5.01 Å². The van der Waals surface area contributed by atoms with Crippen molar-refractivity contribution in [1.82, 2.24) is 14.8 Å². The van der Waals surface area contributed by atoms with E-state index in [1.807, 2.05) is 60.5 Å². The zero-order chi connectivity index (χ0) is 21.5. The molecule has 0 saturated carbocycles. The number of amides is 1. The van der Waals surface area contributed by atoms with Gasteiger partial charge in [0.25, 0.3) is 5.91 Å². The van der Waals surface area contributed by atoms with Crippen LogP contribution in [-0.4, -0.2) is 39.5 Å². The SMILES string of the molecule is CC1=Nc2ccnn2C(c2ccc(Cl)c(Cl)c2)C1C(=O)N1CCCN1c1ccccc1. The third-order valence-corrected chi connectivity index (χ3v) is 6.60. The number of halogens is 2. The second kappa shape index (κ2) is 8.02. The van der Waals surface area contributed by atoms with Crippen molar-refractivity contribution in [3.63, 3.8) is 0 Å². The van der Waals surface area contributed by atoms with Crippen LogP contribution in [0.5, 0.6) is 0 Å². The highest BCUT2D eigenvalue weighted by Crippen LogP contribution is 2.39. The molecule has 1 amide bonds. The number of aliphatic imine (C=N–C) groups is 1. The number of hydrogen-bond acceptors (Lipinski definition) is 4. The summed E-state index contributed by atoms with van der Waals surface area (Å²) in [6, 6.07) is 17.0. The summed E-state index contributed by atoms with van der Waals surface area (Å²) in [5, 5.41) is 9.31. The van der Waals surface area contributed by atoms with Crippen LogP contribution >= 0.6 is 23.2 Å². The van der Waals surface area contributed by atoms with Crippen molar-refractivity contribution in [3.8, 4) is 0 Å². The highest BCUT2D eigenvalue weighted by molar-refractivity contribution is 6.42. The number of carbonyl (C=O) groups is 1. The van der Waals surface area contributed by atoms with E-state index in [0.29, 0.717) is 16.6 Å². The highest BCUT2D eigenvalue weighted by Gasteiger charge is 2.42. The molecule has 2 aromatic carbocycles. The van der Waals surface area contributed by atoms with Crippen molar-refractivity contribution in [2.24, 2.45) is 10.9 Å². The van der Waals surface area contributed by atoms with Gasteiger partial charge < -0.3 is 0 Å². The van der Waals surface area contributed by atoms with Gasteiger partial charge in [-0.3, -0.25) is 14.8 Å². The second-order valence-electron chi connectivity index (χ2n) is 7.76. The summed E-state index contributed by atoms with van der Waals surface area (Å²) in [7, 11) is 0. The normalized spacial score (nSPS) is 20.5. The molecule has 0 N–H and O–H groups in total. The first-order valence-corrected chi connectivity index (χ1v) is 11.0. The Morgan fingerprint density at radius 3 is 2.61 bits per heavy atom. The Labute approximate surface area is 190 Å². The smallest absolute Gasteiger partial charge is 0.252 e. The number of anilines is 1. The predicted molar refractivity (Wildman–Crippen MR) is 123 cm³/mol. The fraction of sp³-hybridized carbons (Fsp3) is 0.261. The molecule has 3 heterocycles. The van der Waals surface area contributed by atoms with E-state index in [9.17, 15) is 4.79 Å². The molecular weight excluding hydrogens is 433 g/mol. The number of para-hydroxylation sites is 1. The van der Waals surface area contributed by atoms with Crippen LogP contribution in [0.3, 0.4) is 0 Å². The largest absolute Gasteiger partial charge is 0.283 e. The zero-order valence-electron chi connectivity index (χ0n) is 16.9. The van der Waals surface area contributed by atoms with Crippen LogP contribution in [-0.2, 0) is 4.79 Å². The van der Waals surface area contributed by atoms with Crippen molar-refractivity contribution >= 4 is 46.3 Å². The summed E-state index contributed by atoms with van der Waals surface area (Å²) in [6.07, 6.45) is 2.61. The molecule has 1 aromatic heterocycles. The van der Waals surface area contributed by atoms with Crippen molar-refractivity contribution in [1.29, 1.82) is 0 Å². The van der Waals surface area contributed by atoms with Crippen LogP contribution in [0.1, 0.15) is 24.9 Å². The maximum absolute atomic E-state index is 14.0. The summed E-state index contributed by atoms with van der Waals surface area (Å²) in [4.78, 5) is 18.7. The lowest BCUT2D eigenvalue weighted by Gasteiger charge is -2.37. The van der Waals surface area contributed by atoms with Gasteiger partial charge in [0.1, 0.15) is 5.92 Å². The van der Waals surface area contributed by atoms with E-state index < -0.39 is 5.92 Å². The summed E-state index contributed by atoms with van der Waals surface area (Å²) in [5.41, 5.74) is 2.64. The molecule has 2 aliphatic heterocycles. The first-order chi connectivity index (χ1) is 15.0. The van der Waals surface area contributed by atoms with Crippen LogP contribution in [0.15, 0.2) is 65.8 Å². The third-order valence-electron chi connectivity index (χ3n) is 5.86. The fourth-order valence-electron chi connectivity index (χ4n) is 4.44. The molecule has 2 unspecified atom stereocenters. The standard InChI is InChI=1S/C23H21Cl2N5O/c1-15-21(23(31)29-13-5-12-28(29)17-6-3-2-4-7-17)22(30-20(27-15)10-11-26-30)16-8-9-18(24)19(25)14-16/h2-4,6-11,14,21-22H,5,12-13H2,1H3. The van der Waals surface area contributed by atoms with Gasteiger partial charge in [0.2, 0.25) is 0 Å². The van der Waals surface area contributed by atoms with Gasteiger partial charge in [-0.1, -0.05) is 47.5 Å². The van der Waals surface area contributed by atoms with E-state index in [1.54, 1.807) is 16.9 Å². The van der Waals surface area contributed by atoms with E-state index >= 15 is 0 Å². The first kappa shape index (κ1) is 20.1. The summed E-state index contributed by atoms with van der Waals surface area (Å²) in [5.74, 6) is 0.215. The molecule has 0 aliphatic carbocycles.